The Bertz CT molecular complexity index is 974. The summed E-state index contributed by atoms with van der Waals surface area (Å²) in [6.07, 6.45) is 0. The van der Waals surface area contributed by atoms with Gasteiger partial charge in [0.1, 0.15) is 23.0 Å². The number of nitrogens with two attached hydrogens (primary N) is 3. The zero-order valence-electron chi connectivity index (χ0n) is 13.8. The van der Waals surface area contributed by atoms with Crippen molar-refractivity contribution in [2.75, 3.05) is 7.11 Å². The summed E-state index contributed by atoms with van der Waals surface area (Å²) in [6, 6.07) is 9.67. The van der Waals surface area contributed by atoms with E-state index in [2.05, 4.69) is 28.7 Å². The topological polar surface area (TPSA) is 120 Å². The lowest BCUT2D eigenvalue weighted by Gasteiger charge is -2.26. The molecule has 1 aromatic heterocycles. The maximum absolute atomic E-state index is 9.67. The van der Waals surface area contributed by atoms with Crippen LogP contribution in [0.4, 0.5) is 0 Å². The second-order valence-corrected chi connectivity index (χ2v) is 7.46. The van der Waals surface area contributed by atoms with Crippen molar-refractivity contribution in [2.45, 2.75) is 5.92 Å². The summed E-state index contributed by atoms with van der Waals surface area (Å²) in [5, 5.41) is 19.6. The highest BCUT2D eigenvalue weighted by Gasteiger charge is 2.38. The molecule has 0 aliphatic carbocycles. The van der Waals surface area contributed by atoms with E-state index in [1.165, 1.54) is 11.3 Å². The van der Waals surface area contributed by atoms with E-state index in [9.17, 15) is 5.26 Å². The molecule has 2 aromatic rings. The number of rotatable bonds is 3. The summed E-state index contributed by atoms with van der Waals surface area (Å²) >= 11 is 3.70. The summed E-state index contributed by atoms with van der Waals surface area (Å²) < 4.78 is 11.6. The van der Waals surface area contributed by atoms with E-state index in [-0.39, 0.29) is 17.4 Å². The fourth-order valence-corrected chi connectivity index (χ4v) is 4.25. The SMILES string of the molecule is COc1ccc(C2C(C#N)=C(N)OC(=[NH2+])/C2=C(\N)c2ccsc2)cc1I. The van der Waals surface area contributed by atoms with Crippen molar-refractivity contribution in [3.63, 3.8) is 0 Å². The molecule has 0 fully saturated rings. The molecule has 0 amide bonds. The van der Waals surface area contributed by atoms with Crippen molar-refractivity contribution in [1.29, 1.82) is 5.26 Å². The Labute approximate surface area is 168 Å². The molecular formula is C18H16IN4O2S+. The van der Waals surface area contributed by atoms with Crippen molar-refractivity contribution in [3.8, 4) is 11.8 Å². The first-order valence-electron chi connectivity index (χ1n) is 7.54. The van der Waals surface area contributed by atoms with Gasteiger partial charge >= 0.3 is 5.90 Å². The van der Waals surface area contributed by atoms with E-state index in [1.807, 2.05) is 35.0 Å². The largest absolute Gasteiger partial charge is 0.496 e. The standard InChI is InChI=1S/C18H15IN4O2S/c1-24-13-3-2-9(6-12(13)19)14-11(7-20)17(22)25-18(23)15(14)16(21)10-4-5-26-8-10/h2-6,8,14,23H,21-22H2,1H3/p+1/b16-15-,23-18?. The van der Waals surface area contributed by atoms with Crippen molar-refractivity contribution >= 4 is 45.5 Å². The first kappa shape index (κ1) is 18.3. The van der Waals surface area contributed by atoms with Gasteiger partial charge in [-0.3, -0.25) is 0 Å². The van der Waals surface area contributed by atoms with E-state index in [0.29, 0.717) is 11.3 Å². The number of benzene rings is 1. The van der Waals surface area contributed by atoms with E-state index in [1.54, 1.807) is 7.11 Å². The molecule has 132 valence electrons. The van der Waals surface area contributed by atoms with Gasteiger partial charge in [-0.2, -0.15) is 16.6 Å². The van der Waals surface area contributed by atoms with Gasteiger partial charge < -0.3 is 20.9 Å². The third-order valence-corrected chi connectivity index (χ3v) is 5.61. The maximum Gasteiger partial charge on any atom is 0.372 e. The molecule has 1 atom stereocenters. The zero-order chi connectivity index (χ0) is 18.8. The first-order valence-corrected chi connectivity index (χ1v) is 9.56. The molecule has 1 aliphatic heterocycles. The first-order chi connectivity index (χ1) is 12.5. The molecule has 0 bridgehead atoms. The van der Waals surface area contributed by atoms with E-state index < -0.39 is 5.92 Å². The van der Waals surface area contributed by atoms with Crippen LogP contribution in [0.2, 0.25) is 0 Å². The minimum atomic E-state index is -0.520. The van der Waals surface area contributed by atoms with Crippen LogP contribution in [0.15, 0.2) is 52.1 Å². The number of hydrogen-bond acceptors (Lipinski definition) is 6. The van der Waals surface area contributed by atoms with Crippen LogP contribution in [0.1, 0.15) is 17.0 Å². The third-order valence-electron chi connectivity index (χ3n) is 4.08. The summed E-state index contributed by atoms with van der Waals surface area (Å²) in [6.45, 7) is 0. The predicted octanol–water partition coefficient (Wildman–Crippen LogP) is 1.70. The van der Waals surface area contributed by atoms with Gasteiger partial charge in [-0.1, -0.05) is 6.07 Å². The smallest absolute Gasteiger partial charge is 0.372 e. The Morgan fingerprint density at radius 1 is 1.42 bits per heavy atom. The molecule has 0 radical (unpaired) electrons. The lowest BCUT2D eigenvalue weighted by Crippen LogP contribution is -2.47. The Morgan fingerprint density at radius 3 is 2.77 bits per heavy atom. The van der Waals surface area contributed by atoms with Crippen LogP contribution in [-0.4, -0.2) is 13.0 Å². The highest BCUT2D eigenvalue weighted by atomic mass is 127. The van der Waals surface area contributed by atoms with Gasteiger partial charge in [0.2, 0.25) is 5.88 Å². The zero-order valence-corrected chi connectivity index (χ0v) is 16.8. The molecule has 6 nitrogen and oxygen atoms in total. The van der Waals surface area contributed by atoms with Crippen molar-refractivity contribution in [1.82, 2.24) is 0 Å². The number of nitriles is 1. The summed E-state index contributed by atoms with van der Waals surface area (Å²) in [7, 11) is 1.61. The Balaban J connectivity index is 2.26. The summed E-state index contributed by atoms with van der Waals surface area (Å²) in [5.74, 6) is 0.307. The number of halogens is 1. The highest BCUT2D eigenvalue weighted by molar-refractivity contribution is 14.1. The molecule has 26 heavy (non-hydrogen) atoms. The number of ether oxygens (including phenoxy) is 2. The second kappa shape index (κ2) is 7.39. The van der Waals surface area contributed by atoms with E-state index in [4.69, 9.17) is 26.4 Å². The van der Waals surface area contributed by atoms with Crippen LogP contribution in [0.5, 0.6) is 5.75 Å². The van der Waals surface area contributed by atoms with Gasteiger partial charge in [0.05, 0.1) is 22.3 Å². The molecule has 3 rings (SSSR count). The monoisotopic (exact) mass is 479 g/mol. The number of nitrogens with zero attached hydrogens (tertiary/aromatic N) is 1. The number of hydrogen-bond donors (Lipinski definition) is 3. The third kappa shape index (κ3) is 3.15. The van der Waals surface area contributed by atoms with Crippen LogP contribution in [0.3, 0.4) is 0 Å². The summed E-state index contributed by atoms with van der Waals surface area (Å²) in [4.78, 5) is 0. The van der Waals surface area contributed by atoms with Gasteiger partial charge in [0, 0.05) is 10.9 Å². The molecule has 0 spiro atoms. The lowest BCUT2D eigenvalue weighted by molar-refractivity contribution is -0.136. The fourth-order valence-electron chi connectivity index (χ4n) is 2.83. The quantitative estimate of drug-likeness (QED) is 0.579. The highest BCUT2D eigenvalue weighted by Crippen LogP contribution is 2.40. The average Bonchev–Trinajstić information content (AvgIpc) is 3.15. The number of methoxy groups -OCH3 is 1. The van der Waals surface area contributed by atoms with Crippen LogP contribution in [-0.2, 0) is 4.74 Å². The maximum atomic E-state index is 9.67. The van der Waals surface area contributed by atoms with Crippen molar-refractivity contribution in [3.05, 3.63) is 66.8 Å². The number of allylic oxidation sites excluding steroid dienone is 1. The number of thiophene rings is 1. The van der Waals surface area contributed by atoms with Gasteiger partial charge in [-0.15, -0.1) is 0 Å². The van der Waals surface area contributed by atoms with Crippen molar-refractivity contribution in [2.24, 2.45) is 11.5 Å². The average molecular weight is 479 g/mol. The Kier molecular flexibility index (Phi) is 5.20. The molecule has 8 heteroatoms. The minimum Gasteiger partial charge on any atom is -0.496 e. The van der Waals surface area contributed by atoms with Crippen LogP contribution in [0, 0.1) is 14.9 Å². The van der Waals surface area contributed by atoms with Gasteiger partial charge in [-0.25, -0.2) is 5.41 Å². The predicted molar refractivity (Wildman–Crippen MR) is 109 cm³/mol. The molecule has 6 N–H and O–H groups in total. The molecule has 1 aromatic carbocycles. The van der Waals surface area contributed by atoms with E-state index >= 15 is 0 Å². The molecule has 1 unspecified atom stereocenters. The van der Waals surface area contributed by atoms with Crippen LogP contribution < -0.4 is 21.6 Å². The lowest BCUT2D eigenvalue weighted by atomic mass is 9.81. The Hall–Kier alpha value is -2.51. The van der Waals surface area contributed by atoms with Crippen molar-refractivity contribution < 1.29 is 14.9 Å². The summed E-state index contributed by atoms with van der Waals surface area (Å²) in [5.41, 5.74) is 15.2. The molecule has 1 aliphatic rings. The fraction of sp³-hybridized carbons (Fsp3) is 0.111. The Morgan fingerprint density at radius 2 is 2.19 bits per heavy atom. The molecule has 0 saturated heterocycles. The molecule has 0 saturated carbocycles. The van der Waals surface area contributed by atoms with Crippen LogP contribution in [0.25, 0.3) is 5.70 Å². The normalized spacial score (nSPS) is 19.0. The minimum absolute atomic E-state index is 0.0114. The molecule has 2 heterocycles. The molecular weight excluding hydrogens is 463 g/mol. The van der Waals surface area contributed by atoms with Gasteiger partial charge in [0.15, 0.2) is 0 Å². The van der Waals surface area contributed by atoms with Gasteiger partial charge in [-0.05, 0) is 51.7 Å². The van der Waals surface area contributed by atoms with Crippen LogP contribution >= 0.6 is 33.9 Å². The van der Waals surface area contributed by atoms with Gasteiger partial charge in [0.25, 0.3) is 0 Å². The van der Waals surface area contributed by atoms with E-state index in [0.717, 1.165) is 20.4 Å². The second-order valence-electron chi connectivity index (χ2n) is 5.52.